The minimum Gasteiger partial charge on any atom is -0.356 e. The summed E-state index contributed by atoms with van der Waals surface area (Å²) in [6.45, 7) is 4.39. The summed E-state index contributed by atoms with van der Waals surface area (Å²) in [4.78, 5) is 23.7. The largest absolute Gasteiger partial charge is 0.356 e. The number of halogens is 1. The molecule has 6 rings (SSSR count). The van der Waals surface area contributed by atoms with E-state index in [1.807, 2.05) is 24.0 Å². The zero-order valence-corrected chi connectivity index (χ0v) is 18.2. The number of rotatable bonds is 2. The molecule has 0 spiro atoms. The average molecular weight is 440 g/mol. The Balaban J connectivity index is 1.47. The van der Waals surface area contributed by atoms with Gasteiger partial charge in [-0.25, -0.2) is 9.37 Å². The predicted molar refractivity (Wildman–Crippen MR) is 123 cm³/mol. The molecule has 6 nitrogen and oxygen atoms in total. The van der Waals surface area contributed by atoms with Crippen LogP contribution in [-0.2, 0) is 6.42 Å². The van der Waals surface area contributed by atoms with Crippen molar-refractivity contribution in [3.8, 4) is 11.3 Å². The summed E-state index contributed by atoms with van der Waals surface area (Å²) in [5.74, 6) is -0.559. The summed E-state index contributed by atoms with van der Waals surface area (Å²) in [6, 6.07) is 16.1. The molecule has 0 saturated heterocycles. The SMILES string of the molecule is Cc1noc2nc(-c3ccccc3F)cc(C(=O)N3CCc4c([nH]c5ccccc45)[C@@H]3C)c12. The van der Waals surface area contributed by atoms with Crippen molar-refractivity contribution in [2.75, 3.05) is 6.54 Å². The second-order valence-electron chi connectivity index (χ2n) is 8.47. The van der Waals surface area contributed by atoms with E-state index >= 15 is 0 Å². The monoisotopic (exact) mass is 440 g/mol. The van der Waals surface area contributed by atoms with E-state index in [4.69, 9.17) is 4.52 Å². The highest BCUT2D eigenvalue weighted by Gasteiger charge is 2.33. The number of aryl methyl sites for hydroxylation is 1. The number of hydrogen-bond acceptors (Lipinski definition) is 4. The molecule has 0 aliphatic carbocycles. The van der Waals surface area contributed by atoms with Crippen LogP contribution < -0.4 is 0 Å². The summed E-state index contributed by atoms with van der Waals surface area (Å²) in [7, 11) is 0. The summed E-state index contributed by atoms with van der Waals surface area (Å²) in [6.07, 6.45) is 0.756. The molecular weight excluding hydrogens is 419 g/mol. The number of H-pyrrole nitrogens is 1. The van der Waals surface area contributed by atoms with Gasteiger partial charge in [-0.05, 0) is 50.1 Å². The van der Waals surface area contributed by atoms with Crippen LogP contribution in [0.1, 0.15) is 40.3 Å². The number of aromatic amines is 1. The van der Waals surface area contributed by atoms with Crippen molar-refractivity contribution >= 4 is 27.9 Å². The molecule has 1 aliphatic rings. The van der Waals surface area contributed by atoms with E-state index in [2.05, 4.69) is 27.3 Å². The molecule has 4 heterocycles. The number of hydrogen-bond donors (Lipinski definition) is 1. The molecule has 2 aromatic carbocycles. The molecule has 0 fully saturated rings. The molecule has 0 radical (unpaired) electrons. The van der Waals surface area contributed by atoms with Crippen LogP contribution in [-0.4, -0.2) is 32.5 Å². The van der Waals surface area contributed by atoms with E-state index in [1.54, 1.807) is 31.2 Å². The fourth-order valence-corrected chi connectivity index (χ4v) is 4.93. The minimum atomic E-state index is -0.409. The smallest absolute Gasteiger partial charge is 0.259 e. The first-order valence-electron chi connectivity index (χ1n) is 11.0. The number of benzene rings is 2. The first-order valence-corrected chi connectivity index (χ1v) is 11.0. The zero-order chi connectivity index (χ0) is 22.7. The van der Waals surface area contributed by atoms with Gasteiger partial charge in [-0.1, -0.05) is 35.5 Å². The normalized spacial score (nSPS) is 15.8. The van der Waals surface area contributed by atoms with Crippen LogP contribution >= 0.6 is 0 Å². The molecule has 7 heteroatoms. The third-order valence-corrected chi connectivity index (χ3v) is 6.59. The highest BCUT2D eigenvalue weighted by molar-refractivity contribution is 6.07. The third kappa shape index (κ3) is 2.96. The van der Waals surface area contributed by atoms with Gasteiger partial charge in [-0.2, -0.15) is 0 Å². The minimum absolute atomic E-state index is 0.144. The summed E-state index contributed by atoms with van der Waals surface area (Å²) in [5.41, 5.74) is 5.27. The van der Waals surface area contributed by atoms with Gasteiger partial charge in [0.2, 0.25) is 0 Å². The van der Waals surface area contributed by atoms with Gasteiger partial charge in [-0.3, -0.25) is 4.79 Å². The topological polar surface area (TPSA) is 75.0 Å². The van der Waals surface area contributed by atoms with E-state index in [0.717, 1.165) is 17.6 Å². The number of nitrogens with one attached hydrogen (secondary N) is 1. The molecule has 1 aliphatic heterocycles. The fourth-order valence-electron chi connectivity index (χ4n) is 4.93. The van der Waals surface area contributed by atoms with Crippen LogP contribution in [0, 0.1) is 12.7 Å². The summed E-state index contributed by atoms with van der Waals surface area (Å²) >= 11 is 0. The maximum atomic E-state index is 14.5. The van der Waals surface area contributed by atoms with E-state index in [-0.39, 0.29) is 17.7 Å². The van der Waals surface area contributed by atoms with Crippen LogP contribution in [0.15, 0.2) is 59.1 Å². The quantitative estimate of drug-likeness (QED) is 0.389. The summed E-state index contributed by atoms with van der Waals surface area (Å²) in [5, 5.41) is 5.78. The second-order valence-corrected chi connectivity index (χ2v) is 8.47. The van der Waals surface area contributed by atoms with Gasteiger partial charge in [0.15, 0.2) is 0 Å². The van der Waals surface area contributed by atoms with Crippen molar-refractivity contribution in [3.05, 3.63) is 82.9 Å². The standard InChI is InChI=1S/C26H21FN4O2/c1-14-23-19(13-22(29-25(23)33-30-14)18-8-3-5-9-20(18)27)26(32)31-12-11-17-16-7-4-6-10-21(16)28-24(17)15(31)2/h3-10,13,15,28H,11-12H2,1-2H3/t15-/m0/s1. The Morgan fingerprint density at radius 2 is 1.97 bits per heavy atom. The van der Waals surface area contributed by atoms with Crippen LogP contribution in [0.3, 0.4) is 0 Å². The Kier molecular flexibility index (Phi) is 4.33. The fraction of sp³-hybridized carbons (Fsp3) is 0.192. The maximum Gasteiger partial charge on any atom is 0.259 e. The van der Waals surface area contributed by atoms with Crippen molar-refractivity contribution in [3.63, 3.8) is 0 Å². The molecule has 0 saturated carbocycles. The van der Waals surface area contributed by atoms with Crippen LogP contribution in [0.5, 0.6) is 0 Å². The van der Waals surface area contributed by atoms with Gasteiger partial charge in [0.05, 0.1) is 28.4 Å². The first-order chi connectivity index (χ1) is 16.0. The summed E-state index contributed by atoms with van der Waals surface area (Å²) < 4.78 is 19.9. The van der Waals surface area contributed by atoms with E-state index in [9.17, 15) is 9.18 Å². The van der Waals surface area contributed by atoms with E-state index < -0.39 is 5.82 Å². The number of amides is 1. The Morgan fingerprint density at radius 1 is 1.18 bits per heavy atom. The third-order valence-electron chi connectivity index (χ3n) is 6.59. The number of fused-ring (bicyclic) bond motifs is 4. The number of carbonyl (C=O) groups excluding carboxylic acids is 1. The zero-order valence-electron chi connectivity index (χ0n) is 18.2. The predicted octanol–water partition coefficient (Wildman–Crippen LogP) is 5.58. The van der Waals surface area contributed by atoms with Gasteiger partial charge in [0, 0.05) is 28.7 Å². The van der Waals surface area contributed by atoms with Crippen LogP contribution in [0.2, 0.25) is 0 Å². The van der Waals surface area contributed by atoms with Crippen molar-refractivity contribution in [2.45, 2.75) is 26.3 Å². The van der Waals surface area contributed by atoms with Crippen LogP contribution in [0.4, 0.5) is 4.39 Å². The van der Waals surface area contributed by atoms with Gasteiger partial charge < -0.3 is 14.4 Å². The van der Waals surface area contributed by atoms with E-state index in [0.29, 0.717) is 34.4 Å². The second kappa shape index (κ2) is 7.27. The lowest BCUT2D eigenvalue weighted by atomic mass is 9.96. The van der Waals surface area contributed by atoms with Crippen LogP contribution in [0.25, 0.3) is 33.3 Å². The molecule has 0 unspecified atom stereocenters. The molecule has 164 valence electrons. The van der Waals surface area contributed by atoms with Crippen molar-refractivity contribution < 1.29 is 13.7 Å². The first kappa shape index (κ1) is 19.7. The molecule has 1 N–H and O–H groups in total. The highest BCUT2D eigenvalue weighted by atomic mass is 19.1. The number of carbonyl (C=O) groups is 1. The molecule has 0 bridgehead atoms. The number of nitrogens with zero attached hydrogens (tertiary/aromatic N) is 3. The van der Waals surface area contributed by atoms with Gasteiger partial charge in [-0.15, -0.1) is 0 Å². The average Bonchev–Trinajstić information content (AvgIpc) is 3.40. The lowest BCUT2D eigenvalue weighted by molar-refractivity contribution is 0.0676. The van der Waals surface area contributed by atoms with Gasteiger partial charge in [0.25, 0.3) is 11.6 Å². The number of aromatic nitrogens is 3. The Hall–Kier alpha value is -4.00. The molecule has 1 atom stereocenters. The molecular formula is C26H21FN4O2. The molecule has 33 heavy (non-hydrogen) atoms. The van der Waals surface area contributed by atoms with Gasteiger partial charge >= 0.3 is 0 Å². The lowest BCUT2D eigenvalue weighted by Crippen LogP contribution is -2.39. The molecule has 1 amide bonds. The van der Waals surface area contributed by atoms with Crippen molar-refractivity contribution in [1.82, 2.24) is 20.0 Å². The number of pyridine rings is 1. The Morgan fingerprint density at radius 3 is 2.82 bits per heavy atom. The highest BCUT2D eigenvalue weighted by Crippen LogP contribution is 2.36. The van der Waals surface area contributed by atoms with E-state index in [1.165, 1.54) is 17.0 Å². The molecule has 3 aromatic heterocycles. The lowest BCUT2D eigenvalue weighted by Gasteiger charge is -2.34. The van der Waals surface area contributed by atoms with Crippen molar-refractivity contribution in [2.24, 2.45) is 0 Å². The van der Waals surface area contributed by atoms with Gasteiger partial charge in [0.1, 0.15) is 5.82 Å². The molecule has 5 aromatic rings. The Bertz CT molecular complexity index is 1550. The Labute approximate surface area is 189 Å². The number of para-hydroxylation sites is 1. The van der Waals surface area contributed by atoms with Crippen molar-refractivity contribution in [1.29, 1.82) is 0 Å². The maximum absolute atomic E-state index is 14.5.